The lowest BCUT2D eigenvalue weighted by Crippen LogP contribution is -2.36. The fourth-order valence-electron chi connectivity index (χ4n) is 2.58. The molecule has 0 saturated heterocycles. The molecule has 1 aromatic rings. The Morgan fingerprint density at radius 3 is 2.88 bits per heavy atom. The van der Waals surface area contributed by atoms with Crippen LogP contribution in [-0.4, -0.2) is 16.1 Å². The molecule has 0 bridgehead atoms. The topological polar surface area (TPSA) is 45.1 Å². The van der Waals surface area contributed by atoms with E-state index in [0.29, 0.717) is 18.3 Å². The smallest absolute Gasteiger partial charge is 0.138 e. The van der Waals surface area contributed by atoms with Gasteiger partial charge in [-0.2, -0.15) is 0 Å². The molecule has 0 aliphatic heterocycles. The molecule has 94 valence electrons. The second kappa shape index (κ2) is 5.50. The second-order valence-corrected chi connectivity index (χ2v) is 5.17. The molecule has 17 heavy (non-hydrogen) atoms. The number of nitrogens with one attached hydrogen (secondary N) is 1. The van der Waals surface area contributed by atoms with Crippen LogP contribution < -0.4 is 5.32 Å². The molecule has 1 aliphatic carbocycles. The van der Waals surface area contributed by atoms with E-state index < -0.39 is 0 Å². The van der Waals surface area contributed by atoms with Crippen molar-refractivity contribution in [1.82, 2.24) is 10.3 Å². The lowest BCUT2D eigenvalue weighted by molar-refractivity contribution is 0.277. The largest absolute Gasteiger partial charge is 0.506 e. The highest BCUT2D eigenvalue weighted by Gasteiger charge is 2.20. The van der Waals surface area contributed by atoms with Gasteiger partial charge in [-0.15, -0.1) is 0 Å². The van der Waals surface area contributed by atoms with Crippen LogP contribution in [0.2, 0.25) is 0 Å². The van der Waals surface area contributed by atoms with Gasteiger partial charge >= 0.3 is 0 Å². The van der Waals surface area contributed by atoms with Gasteiger partial charge in [-0.1, -0.05) is 19.8 Å². The van der Waals surface area contributed by atoms with Gasteiger partial charge in [-0.25, -0.2) is 0 Å². The van der Waals surface area contributed by atoms with E-state index in [1.54, 1.807) is 6.07 Å². The fraction of sp³-hybridized carbons (Fsp3) is 0.643. The van der Waals surface area contributed by atoms with Gasteiger partial charge in [0.1, 0.15) is 5.75 Å². The van der Waals surface area contributed by atoms with E-state index in [9.17, 15) is 5.11 Å². The molecule has 0 spiro atoms. The van der Waals surface area contributed by atoms with Gasteiger partial charge in [-0.3, -0.25) is 4.98 Å². The SMILES string of the molecule is Cc1ccc(O)c(CNC2CCCCC2C)n1. The number of aromatic hydroxyl groups is 1. The number of rotatable bonds is 3. The Morgan fingerprint density at radius 1 is 1.35 bits per heavy atom. The minimum atomic E-state index is 0.298. The highest BCUT2D eigenvalue weighted by Crippen LogP contribution is 2.24. The summed E-state index contributed by atoms with van der Waals surface area (Å²) < 4.78 is 0. The number of hydrogen-bond donors (Lipinski definition) is 2. The third kappa shape index (κ3) is 3.19. The first-order valence-electron chi connectivity index (χ1n) is 6.55. The Bertz CT molecular complexity index is 378. The number of pyridine rings is 1. The van der Waals surface area contributed by atoms with Crippen LogP contribution in [0.5, 0.6) is 5.75 Å². The Morgan fingerprint density at radius 2 is 2.12 bits per heavy atom. The molecule has 1 fully saturated rings. The van der Waals surface area contributed by atoms with Crippen LogP contribution in [0.15, 0.2) is 12.1 Å². The van der Waals surface area contributed by atoms with E-state index in [2.05, 4.69) is 17.2 Å². The normalized spacial score (nSPS) is 24.8. The molecule has 2 unspecified atom stereocenters. The minimum absolute atomic E-state index is 0.298. The van der Waals surface area contributed by atoms with E-state index in [1.165, 1.54) is 25.7 Å². The van der Waals surface area contributed by atoms with Crippen LogP contribution in [0, 0.1) is 12.8 Å². The van der Waals surface area contributed by atoms with Crippen molar-refractivity contribution in [1.29, 1.82) is 0 Å². The summed E-state index contributed by atoms with van der Waals surface area (Å²) in [5, 5.41) is 13.3. The first-order valence-corrected chi connectivity index (χ1v) is 6.55. The monoisotopic (exact) mass is 234 g/mol. The molecule has 1 saturated carbocycles. The van der Waals surface area contributed by atoms with Crippen LogP contribution in [0.25, 0.3) is 0 Å². The zero-order chi connectivity index (χ0) is 12.3. The van der Waals surface area contributed by atoms with E-state index in [-0.39, 0.29) is 0 Å². The van der Waals surface area contributed by atoms with Gasteiger partial charge in [0.05, 0.1) is 5.69 Å². The highest BCUT2D eigenvalue weighted by molar-refractivity contribution is 5.27. The molecule has 2 N–H and O–H groups in total. The zero-order valence-electron chi connectivity index (χ0n) is 10.7. The Labute approximate surface area is 103 Å². The summed E-state index contributed by atoms with van der Waals surface area (Å²) in [4.78, 5) is 4.37. The van der Waals surface area contributed by atoms with Crippen molar-refractivity contribution in [2.75, 3.05) is 0 Å². The molecule has 3 heteroatoms. The number of aromatic nitrogens is 1. The average molecular weight is 234 g/mol. The predicted octanol–water partition coefficient (Wildman–Crippen LogP) is 2.76. The molecule has 0 aromatic carbocycles. The molecule has 1 aromatic heterocycles. The Hall–Kier alpha value is -1.09. The predicted molar refractivity (Wildman–Crippen MR) is 68.9 cm³/mol. The van der Waals surface area contributed by atoms with Gasteiger partial charge < -0.3 is 10.4 Å². The van der Waals surface area contributed by atoms with Crippen LogP contribution in [-0.2, 0) is 6.54 Å². The summed E-state index contributed by atoms with van der Waals surface area (Å²) in [6.45, 7) is 4.93. The minimum Gasteiger partial charge on any atom is -0.506 e. The average Bonchev–Trinajstić information content (AvgIpc) is 2.32. The molecule has 3 nitrogen and oxygen atoms in total. The van der Waals surface area contributed by atoms with Crippen molar-refractivity contribution in [3.05, 3.63) is 23.5 Å². The van der Waals surface area contributed by atoms with Crippen molar-refractivity contribution in [2.24, 2.45) is 5.92 Å². The van der Waals surface area contributed by atoms with Gasteiger partial charge in [-0.05, 0) is 37.8 Å². The fourth-order valence-corrected chi connectivity index (χ4v) is 2.58. The van der Waals surface area contributed by atoms with Crippen molar-refractivity contribution in [3.8, 4) is 5.75 Å². The molecule has 0 radical (unpaired) electrons. The summed E-state index contributed by atoms with van der Waals surface area (Å²) in [6.07, 6.45) is 5.22. The summed E-state index contributed by atoms with van der Waals surface area (Å²) in [5.41, 5.74) is 1.72. The standard InChI is InChI=1S/C14H22N2O/c1-10-5-3-4-6-12(10)15-9-13-14(17)8-7-11(2)16-13/h7-8,10,12,15,17H,3-6,9H2,1-2H3. The maximum atomic E-state index is 9.73. The van der Waals surface area contributed by atoms with E-state index in [1.807, 2.05) is 13.0 Å². The molecule has 2 rings (SSSR count). The summed E-state index contributed by atoms with van der Waals surface area (Å²) in [5.74, 6) is 1.03. The van der Waals surface area contributed by atoms with Gasteiger partial charge in [0.2, 0.25) is 0 Å². The third-order valence-electron chi connectivity index (χ3n) is 3.73. The maximum Gasteiger partial charge on any atom is 0.138 e. The Balaban J connectivity index is 1.94. The van der Waals surface area contributed by atoms with Crippen molar-refractivity contribution >= 4 is 0 Å². The maximum absolute atomic E-state index is 9.73. The second-order valence-electron chi connectivity index (χ2n) is 5.17. The van der Waals surface area contributed by atoms with Crippen molar-refractivity contribution in [2.45, 2.75) is 52.1 Å². The Kier molecular flexibility index (Phi) is 4.00. The van der Waals surface area contributed by atoms with Crippen LogP contribution >= 0.6 is 0 Å². The van der Waals surface area contributed by atoms with E-state index in [4.69, 9.17) is 0 Å². The lowest BCUT2D eigenvalue weighted by atomic mass is 9.86. The van der Waals surface area contributed by atoms with Gasteiger partial charge in [0.25, 0.3) is 0 Å². The molecular formula is C14H22N2O. The molecular weight excluding hydrogens is 212 g/mol. The van der Waals surface area contributed by atoms with E-state index >= 15 is 0 Å². The van der Waals surface area contributed by atoms with Crippen LogP contribution in [0.3, 0.4) is 0 Å². The summed E-state index contributed by atoms with van der Waals surface area (Å²) in [6, 6.07) is 4.14. The number of nitrogens with zero attached hydrogens (tertiary/aromatic N) is 1. The van der Waals surface area contributed by atoms with E-state index in [0.717, 1.165) is 17.3 Å². The van der Waals surface area contributed by atoms with Crippen LogP contribution in [0.1, 0.15) is 44.0 Å². The first-order chi connectivity index (χ1) is 8.16. The van der Waals surface area contributed by atoms with Gasteiger partial charge in [0.15, 0.2) is 0 Å². The zero-order valence-corrected chi connectivity index (χ0v) is 10.7. The summed E-state index contributed by atoms with van der Waals surface area (Å²) >= 11 is 0. The molecule has 2 atom stereocenters. The van der Waals surface area contributed by atoms with Crippen molar-refractivity contribution in [3.63, 3.8) is 0 Å². The molecule has 1 aliphatic rings. The number of hydrogen-bond acceptors (Lipinski definition) is 3. The molecule has 1 heterocycles. The molecule has 0 amide bonds. The van der Waals surface area contributed by atoms with Gasteiger partial charge in [0, 0.05) is 18.3 Å². The third-order valence-corrected chi connectivity index (χ3v) is 3.73. The van der Waals surface area contributed by atoms with Crippen LogP contribution in [0.4, 0.5) is 0 Å². The quantitative estimate of drug-likeness (QED) is 0.845. The highest BCUT2D eigenvalue weighted by atomic mass is 16.3. The lowest BCUT2D eigenvalue weighted by Gasteiger charge is -2.29. The number of aryl methyl sites for hydroxylation is 1. The summed E-state index contributed by atoms with van der Waals surface area (Å²) in [7, 11) is 0. The first kappa shape index (κ1) is 12.4. The van der Waals surface area contributed by atoms with Crippen molar-refractivity contribution < 1.29 is 5.11 Å².